The van der Waals surface area contributed by atoms with Crippen molar-refractivity contribution < 1.29 is 9.13 Å². The van der Waals surface area contributed by atoms with Crippen LogP contribution in [0.4, 0.5) is 4.39 Å². The van der Waals surface area contributed by atoms with Crippen LogP contribution in [0.5, 0.6) is 5.75 Å². The van der Waals surface area contributed by atoms with E-state index < -0.39 is 0 Å². The highest BCUT2D eigenvalue weighted by Crippen LogP contribution is 2.17. The number of hydrogen-bond donors (Lipinski definition) is 1. The quantitative estimate of drug-likeness (QED) is 0.799. The van der Waals surface area contributed by atoms with Crippen molar-refractivity contribution in [2.24, 2.45) is 5.73 Å². The van der Waals surface area contributed by atoms with Gasteiger partial charge in [-0.05, 0) is 31.2 Å². The summed E-state index contributed by atoms with van der Waals surface area (Å²) in [4.78, 5) is 0. The summed E-state index contributed by atoms with van der Waals surface area (Å²) in [6.07, 6.45) is 4.30. The Morgan fingerprint density at radius 1 is 1.50 bits per heavy atom. The van der Waals surface area contributed by atoms with E-state index in [1.54, 1.807) is 25.3 Å². The molecule has 1 aromatic rings. The zero-order valence-electron chi connectivity index (χ0n) is 8.16. The second-order valence-corrected chi connectivity index (χ2v) is 2.87. The van der Waals surface area contributed by atoms with E-state index in [1.165, 1.54) is 6.07 Å². The zero-order chi connectivity index (χ0) is 10.4. The molecule has 0 fully saturated rings. The number of nitrogens with two attached hydrogens (primary N) is 1. The van der Waals surface area contributed by atoms with Gasteiger partial charge < -0.3 is 10.5 Å². The average molecular weight is 195 g/mol. The lowest BCUT2D eigenvalue weighted by molar-refractivity contribution is 0.413. The van der Waals surface area contributed by atoms with E-state index in [4.69, 9.17) is 10.5 Å². The molecule has 0 radical (unpaired) electrons. The van der Waals surface area contributed by atoms with Gasteiger partial charge in [0.25, 0.3) is 0 Å². The Bertz CT molecular complexity index is 323. The summed E-state index contributed by atoms with van der Waals surface area (Å²) >= 11 is 0. The van der Waals surface area contributed by atoms with Crippen molar-refractivity contribution in [1.29, 1.82) is 0 Å². The van der Waals surface area contributed by atoms with Crippen LogP contribution in [-0.2, 0) is 0 Å². The van der Waals surface area contributed by atoms with Crippen LogP contribution in [0.2, 0.25) is 0 Å². The number of rotatable bonds is 4. The maximum atomic E-state index is 13.2. The molecule has 0 atom stereocenters. The summed E-state index contributed by atoms with van der Waals surface area (Å²) in [5.74, 6) is 0.401. The Hall–Kier alpha value is -1.35. The third kappa shape index (κ3) is 2.85. The molecule has 0 amide bonds. The molecule has 1 aromatic carbocycles. The van der Waals surface area contributed by atoms with Crippen LogP contribution in [0.25, 0.3) is 6.08 Å². The van der Waals surface area contributed by atoms with Gasteiger partial charge >= 0.3 is 0 Å². The zero-order valence-corrected chi connectivity index (χ0v) is 8.16. The summed E-state index contributed by atoms with van der Waals surface area (Å²) in [7, 11) is 1.56. The molecule has 3 heteroatoms. The molecule has 76 valence electrons. The minimum absolute atomic E-state index is 0.251. The standard InChI is InChI=1S/C11H14FNO/c1-14-10-5-6-11(12)9(8-10)4-2-3-7-13/h2,4-6,8H,3,7,13H2,1H3. The van der Waals surface area contributed by atoms with Gasteiger partial charge in [0.15, 0.2) is 0 Å². The third-order valence-corrected chi connectivity index (χ3v) is 1.83. The highest BCUT2D eigenvalue weighted by atomic mass is 19.1. The summed E-state index contributed by atoms with van der Waals surface area (Å²) in [5.41, 5.74) is 5.84. The highest BCUT2D eigenvalue weighted by molar-refractivity contribution is 5.52. The Labute approximate surface area is 83.2 Å². The van der Waals surface area contributed by atoms with Crippen LogP contribution >= 0.6 is 0 Å². The van der Waals surface area contributed by atoms with Crippen molar-refractivity contribution in [2.75, 3.05) is 13.7 Å². The summed E-state index contributed by atoms with van der Waals surface area (Å²) < 4.78 is 18.2. The van der Waals surface area contributed by atoms with E-state index in [-0.39, 0.29) is 5.82 Å². The lowest BCUT2D eigenvalue weighted by atomic mass is 10.2. The van der Waals surface area contributed by atoms with Crippen molar-refractivity contribution in [3.63, 3.8) is 0 Å². The van der Waals surface area contributed by atoms with Crippen molar-refractivity contribution in [2.45, 2.75) is 6.42 Å². The van der Waals surface area contributed by atoms with Crippen molar-refractivity contribution in [1.82, 2.24) is 0 Å². The molecule has 0 saturated heterocycles. The minimum atomic E-state index is -0.251. The largest absolute Gasteiger partial charge is 0.497 e. The van der Waals surface area contributed by atoms with Crippen molar-refractivity contribution in [3.05, 3.63) is 35.7 Å². The van der Waals surface area contributed by atoms with Crippen LogP contribution in [-0.4, -0.2) is 13.7 Å². The topological polar surface area (TPSA) is 35.2 Å². The molecule has 0 heterocycles. The van der Waals surface area contributed by atoms with Crippen LogP contribution in [0.3, 0.4) is 0 Å². The molecule has 2 nitrogen and oxygen atoms in total. The highest BCUT2D eigenvalue weighted by Gasteiger charge is 1.99. The van der Waals surface area contributed by atoms with Crippen LogP contribution in [0.15, 0.2) is 24.3 Å². The van der Waals surface area contributed by atoms with Gasteiger partial charge in [0.2, 0.25) is 0 Å². The van der Waals surface area contributed by atoms with Crippen LogP contribution < -0.4 is 10.5 Å². The predicted molar refractivity (Wildman–Crippen MR) is 55.7 cm³/mol. The Balaban J connectivity index is 2.83. The molecule has 0 aromatic heterocycles. The molecule has 0 aliphatic rings. The van der Waals surface area contributed by atoms with E-state index in [0.29, 0.717) is 17.9 Å². The van der Waals surface area contributed by atoms with Gasteiger partial charge in [0.1, 0.15) is 11.6 Å². The normalized spacial score (nSPS) is 10.8. The monoisotopic (exact) mass is 195 g/mol. The molecule has 14 heavy (non-hydrogen) atoms. The molecular weight excluding hydrogens is 181 g/mol. The Morgan fingerprint density at radius 3 is 2.93 bits per heavy atom. The fourth-order valence-electron chi connectivity index (χ4n) is 1.08. The molecule has 0 saturated carbocycles. The average Bonchev–Trinajstić information content (AvgIpc) is 2.21. The van der Waals surface area contributed by atoms with Crippen LogP contribution in [0, 0.1) is 5.82 Å². The number of halogens is 1. The summed E-state index contributed by atoms with van der Waals surface area (Å²) in [6.45, 7) is 0.572. The summed E-state index contributed by atoms with van der Waals surface area (Å²) in [6, 6.07) is 4.64. The molecular formula is C11H14FNO. The third-order valence-electron chi connectivity index (χ3n) is 1.83. The van der Waals surface area contributed by atoms with Gasteiger partial charge in [-0.15, -0.1) is 0 Å². The maximum absolute atomic E-state index is 13.2. The van der Waals surface area contributed by atoms with Gasteiger partial charge in [-0.3, -0.25) is 0 Å². The molecule has 0 bridgehead atoms. The predicted octanol–water partition coefficient (Wildman–Crippen LogP) is 2.20. The molecule has 2 N–H and O–H groups in total. The van der Waals surface area contributed by atoms with E-state index in [9.17, 15) is 4.39 Å². The van der Waals surface area contributed by atoms with Gasteiger partial charge in [-0.1, -0.05) is 12.2 Å². The molecule has 0 spiro atoms. The van der Waals surface area contributed by atoms with Gasteiger partial charge in [0, 0.05) is 5.56 Å². The first kappa shape index (κ1) is 10.7. The second kappa shape index (κ2) is 5.40. The first-order chi connectivity index (χ1) is 6.77. The first-order valence-electron chi connectivity index (χ1n) is 4.48. The number of benzene rings is 1. The van der Waals surface area contributed by atoms with E-state index in [0.717, 1.165) is 6.42 Å². The fraction of sp³-hybridized carbons (Fsp3) is 0.273. The second-order valence-electron chi connectivity index (χ2n) is 2.87. The van der Waals surface area contributed by atoms with Gasteiger partial charge in [-0.25, -0.2) is 4.39 Å². The van der Waals surface area contributed by atoms with E-state index in [1.807, 2.05) is 6.08 Å². The summed E-state index contributed by atoms with van der Waals surface area (Å²) in [5, 5.41) is 0. The molecule has 0 aliphatic heterocycles. The number of methoxy groups -OCH3 is 1. The lowest BCUT2D eigenvalue weighted by Gasteiger charge is -2.01. The van der Waals surface area contributed by atoms with Gasteiger partial charge in [0.05, 0.1) is 7.11 Å². The number of ether oxygens (including phenoxy) is 1. The van der Waals surface area contributed by atoms with E-state index in [2.05, 4.69) is 0 Å². The van der Waals surface area contributed by atoms with Crippen LogP contribution in [0.1, 0.15) is 12.0 Å². The Morgan fingerprint density at radius 2 is 2.29 bits per heavy atom. The maximum Gasteiger partial charge on any atom is 0.130 e. The number of hydrogen-bond acceptors (Lipinski definition) is 2. The molecule has 0 unspecified atom stereocenters. The first-order valence-corrected chi connectivity index (χ1v) is 4.48. The van der Waals surface area contributed by atoms with Crippen molar-refractivity contribution in [3.8, 4) is 5.75 Å². The molecule has 1 rings (SSSR count). The fourth-order valence-corrected chi connectivity index (χ4v) is 1.08. The minimum Gasteiger partial charge on any atom is -0.497 e. The van der Waals surface area contributed by atoms with Gasteiger partial charge in [-0.2, -0.15) is 0 Å². The smallest absolute Gasteiger partial charge is 0.130 e. The van der Waals surface area contributed by atoms with Crippen molar-refractivity contribution >= 4 is 6.08 Å². The van der Waals surface area contributed by atoms with E-state index >= 15 is 0 Å². The molecule has 0 aliphatic carbocycles. The SMILES string of the molecule is COc1ccc(F)c(C=CCCN)c1. The Kier molecular flexibility index (Phi) is 4.13. The lowest BCUT2D eigenvalue weighted by Crippen LogP contribution is -1.95.